The summed E-state index contributed by atoms with van der Waals surface area (Å²) in [6, 6.07) is 8.50. The molecule has 1 saturated carbocycles. The van der Waals surface area contributed by atoms with Gasteiger partial charge in [-0.15, -0.1) is 0 Å². The largest absolute Gasteiger partial charge is 0.326 e. The SMILES string of the molecule is O=C(Nc1ccc(F)cc1)C1CCC(C(=O)Nc2ccc(F)cc2F)CC1. The smallest absolute Gasteiger partial charge is 0.227 e. The van der Waals surface area contributed by atoms with Crippen molar-refractivity contribution in [1.29, 1.82) is 0 Å². The topological polar surface area (TPSA) is 58.2 Å². The van der Waals surface area contributed by atoms with Gasteiger partial charge in [-0.05, 0) is 62.1 Å². The fraction of sp³-hybridized carbons (Fsp3) is 0.300. The Morgan fingerprint density at radius 1 is 0.741 bits per heavy atom. The molecule has 142 valence electrons. The molecule has 2 aromatic rings. The maximum atomic E-state index is 13.6. The second kappa shape index (κ2) is 8.24. The van der Waals surface area contributed by atoms with E-state index in [9.17, 15) is 22.8 Å². The number of hydrogen-bond acceptors (Lipinski definition) is 2. The zero-order valence-electron chi connectivity index (χ0n) is 14.5. The van der Waals surface area contributed by atoms with Gasteiger partial charge < -0.3 is 10.6 Å². The minimum Gasteiger partial charge on any atom is -0.326 e. The van der Waals surface area contributed by atoms with Crippen molar-refractivity contribution in [3.8, 4) is 0 Å². The van der Waals surface area contributed by atoms with Gasteiger partial charge in [-0.1, -0.05) is 0 Å². The van der Waals surface area contributed by atoms with Gasteiger partial charge in [-0.2, -0.15) is 0 Å². The highest BCUT2D eigenvalue weighted by Crippen LogP contribution is 2.31. The molecule has 0 unspecified atom stereocenters. The Kier molecular flexibility index (Phi) is 5.78. The van der Waals surface area contributed by atoms with Crippen molar-refractivity contribution >= 4 is 23.2 Å². The van der Waals surface area contributed by atoms with Gasteiger partial charge in [0.1, 0.15) is 17.5 Å². The van der Waals surface area contributed by atoms with Crippen LogP contribution in [0.2, 0.25) is 0 Å². The molecule has 7 heteroatoms. The van der Waals surface area contributed by atoms with Crippen molar-refractivity contribution in [2.24, 2.45) is 11.8 Å². The number of rotatable bonds is 4. The summed E-state index contributed by atoms with van der Waals surface area (Å²) in [7, 11) is 0. The number of hydrogen-bond donors (Lipinski definition) is 2. The van der Waals surface area contributed by atoms with Gasteiger partial charge in [0.15, 0.2) is 0 Å². The van der Waals surface area contributed by atoms with Gasteiger partial charge in [0.25, 0.3) is 0 Å². The standard InChI is InChI=1S/C20H19F3N2O2/c21-14-5-8-16(9-6-14)24-19(26)12-1-3-13(4-2-12)20(27)25-18-10-7-15(22)11-17(18)23/h5-13H,1-4H2,(H,24,26)(H,25,27). The lowest BCUT2D eigenvalue weighted by Crippen LogP contribution is -2.32. The number of benzene rings is 2. The number of amides is 2. The molecule has 4 nitrogen and oxygen atoms in total. The quantitative estimate of drug-likeness (QED) is 0.826. The van der Waals surface area contributed by atoms with Crippen molar-refractivity contribution in [1.82, 2.24) is 0 Å². The Bertz CT molecular complexity index is 832. The lowest BCUT2D eigenvalue weighted by Gasteiger charge is -2.27. The number of nitrogens with one attached hydrogen (secondary N) is 2. The van der Waals surface area contributed by atoms with Crippen LogP contribution in [0.5, 0.6) is 0 Å². The van der Waals surface area contributed by atoms with Crippen LogP contribution in [-0.2, 0) is 9.59 Å². The minimum atomic E-state index is -0.823. The van der Waals surface area contributed by atoms with Crippen LogP contribution in [0.3, 0.4) is 0 Å². The van der Waals surface area contributed by atoms with Crippen LogP contribution in [0.1, 0.15) is 25.7 Å². The third kappa shape index (κ3) is 4.87. The number of anilines is 2. The van der Waals surface area contributed by atoms with E-state index < -0.39 is 11.6 Å². The molecular formula is C20H19F3N2O2. The molecule has 1 aliphatic rings. The molecule has 2 N–H and O–H groups in total. The van der Waals surface area contributed by atoms with Crippen LogP contribution in [-0.4, -0.2) is 11.8 Å². The zero-order chi connectivity index (χ0) is 19.4. The van der Waals surface area contributed by atoms with Crippen molar-refractivity contribution in [2.75, 3.05) is 10.6 Å². The van der Waals surface area contributed by atoms with Gasteiger partial charge in [-0.3, -0.25) is 9.59 Å². The highest BCUT2D eigenvalue weighted by molar-refractivity contribution is 5.94. The Balaban J connectivity index is 1.51. The maximum absolute atomic E-state index is 13.6. The summed E-state index contributed by atoms with van der Waals surface area (Å²) in [5, 5.41) is 5.22. The molecule has 0 heterocycles. The first-order valence-corrected chi connectivity index (χ1v) is 8.74. The summed E-state index contributed by atoms with van der Waals surface area (Å²) in [5.74, 6) is -2.97. The van der Waals surface area contributed by atoms with Crippen molar-refractivity contribution < 1.29 is 22.8 Å². The molecule has 0 bridgehead atoms. The van der Waals surface area contributed by atoms with Crippen LogP contribution in [0.25, 0.3) is 0 Å². The first kappa shape index (κ1) is 18.9. The van der Waals surface area contributed by atoms with E-state index in [4.69, 9.17) is 0 Å². The van der Waals surface area contributed by atoms with E-state index in [-0.39, 0.29) is 35.2 Å². The maximum Gasteiger partial charge on any atom is 0.227 e. The summed E-state index contributed by atoms with van der Waals surface area (Å²) < 4.78 is 39.5. The van der Waals surface area contributed by atoms with Crippen LogP contribution in [0, 0.1) is 29.3 Å². The molecule has 1 fully saturated rings. The summed E-state index contributed by atoms with van der Waals surface area (Å²) in [6.07, 6.45) is 2.04. The average molecular weight is 376 g/mol. The highest BCUT2D eigenvalue weighted by atomic mass is 19.1. The lowest BCUT2D eigenvalue weighted by atomic mass is 9.81. The summed E-state index contributed by atoms with van der Waals surface area (Å²) in [6.45, 7) is 0. The Labute approximate surface area is 154 Å². The molecule has 1 aliphatic carbocycles. The monoisotopic (exact) mass is 376 g/mol. The zero-order valence-corrected chi connectivity index (χ0v) is 14.5. The Morgan fingerprint density at radius 3 is 1.81 bits per heavy atom. The normalized spacial score (nSPS) is 19.4. The Morgan fingerprint density at radius 2 is 1.26 bits per heavy atom. The highest BCUT2D eigenvalue weighted by Gasteiger charge is 2.30. The second-order valence-corrected chi connectivity index (χ2v) is 6.66. The average Bonchev–Trinajstić information content (AvgIpc) is 2.66. The fourth-order valence-electron chi connectivity index (χ4n) is 3.22. The molecule has 2 aromatic carbocycles. The summed E-state index contributed by atoms with van der Waals surface area (Å²) in [5.41, 5.74) is 0.464. The van der Waals surface area contributed by atoms with Crippen LogP contribution in [0.15, 0.2) is 42.5 Å². The predicted octanol–water partition coefficient (Wildman–Crippen LogP) is 4.49. The number of halogens is 3. The molecule has 2 amide bonds. The third-order valence-corrected chi connectivity index (χ3v) is 4.77. The Hall–Kier alpha value is -2.83. The van der Waals surface area contributed by atoms with Gasteiger partial charge in [-0.25, -0.2) is 13.2 Å². The third-order valence-electron chi connectivity index (χ3n) is 4.77. The molecule has 0 radical (unpaired) electrons. The molecule has 0 spiro atoms. The lowest BCUT2D eigenvalue weighted by molar-refractivity contribution is -0.125. The molecule has 0 aromatic heterocycles. The number of carbonyl (C=O) groups is 2. The van der Waals surface area contributed by atoms with E-state index in [0.29, 0.717) is 37.4 Å². The molecule has 0 saturated heterocycles. The van der Waals surface area contributed by atoms with E-state index in [1.54, 1.807) is 0 Å². The van der Waals surface area contributed by atoms with Crippen LogP contribution in [0.4, 0.5) is 24.5 Å². The van der Waals surface area contributed by atoms with Crippen LogP contribution >= 0.6 is 0 Å². The van der Waals surface area contributed by atoms with E-state index >= 15 is 0 Å². The summed E-state index contributed by atoms with van der Waals surface area (Å²) >= 11 is 0. The van der Waals surface area contributed by atoms with Gasteiger partial charge in [0.05, 0.1) is 5.69 Å². The molecule has 0 atom stereocenters. The first-order chi connectivity index (χ1) is 12.9. The molecule has 27 heavy (non-hydrogen) atoms. The van der Waals surface area contributed by atoms with Crippen molar-refractivity contribution in [2.45, 2.75) is 25.7 Å². The van der Waals surface area contributed by atoms with E-state index in [0.717, 1.165) is 6.07 Å². The molecular weight excluding hydrogens is 357 g/mol. The van der Waals surface area contributed by atoms with E-state index in [1.807, 2.05) is 0 Å². The van der Waals surface area contributed by atoms with Crippen molar-refractivity contribution in [3.63, 3.8) is 0 Å². The first-order valence-electron chi connectivity index (χ1n) is 8.74. The van der Waals surface area contributed by atoms with Crippen molar-refractivity contribution in [3.05, 3.63) is 59.9 Å². The van der Waals surface area contributed by atoms with E-state index in [2.05, 4.69) is 10.6 Å². The van der Waals surface area contributed by atoms with Gasteiger partial charge in [0.2, 0.25) is 11.8 Å². The molecule has 0 aliphatic heterocycles. The summed E-state index contributed by atoms with van der Waals surface area (Å²) in [4.78, 5) is 24.6. The second-order valence-electron chi connectivity index (χ2n) is 6.66. The predicted molar refractivity (Wildman–Crippen MR) is 95.5 cm³/mol. The minimum absolute atomic E-state index is 0.0578. The fourth-order valence-corrected chi connectivity index (χ4v) is 3.22. The van der Waals surface area contributed by atoms with Gasteiger partial charge in [0, 0.05) is 23.6 Å². The van der Waals surface area contributed by atoms with E-state index in [1.165, 1.54) is 30.3 Å². The van der Waals surface area contributed by atoms with Gasteiger partial charge >= 0.3 is 0 Å². The van der Waals surface area contributed by atoms with Crippen LogP contribution < -0.4 is 10.6 Å². The number of carbonyl (C=O) groups excluding carboxylic acids is 2. The molecule has 3 rings (SSSR count).